The Balaban J connectivity index is 2.13. The fourth-order valence-corrected chi connectivity index (χ4v) is 1.82. The van der Waals surface area contributed by atoms with Crippen molar-refractivity contribution in [1.29, 1.82) is 0 Å². The van der Waals surface area contributed by atoms with Crippen LogP contribution in [0.1, 0.15) is 0 Å². The molecule has 5 nitrogen and oxygen atoms in total. The Morgan fingerprint density at radius 1 is 1.25 bits per heavy atom. The Morgan fingerprint density at radius 2 is 2.00 bits per heavy atom. The zero-order chi connectivity index (χ0) is 11.4. The Morgan fingerprint density at radius 3 is 2.56 bits per heavy atom. The molecule has 0 atom stereocenters. The quantitative estimate of drug-likeness (QED) is 0.834. The summed E-state index contributed by atoms with van der Waals surface area (Å²) in [5.74, 6) is 0.718. The third-order valence-electron chi connectivity index (χ3n) is 1.90. The van der Waals surface area contributed by atoms with Gasteiger partial charge in [0, 0.05) is 5.56 Å². The highest BCUT2D eigenvalue weighted by atomic mass is 32.1. The van der Waals surface area contributed by atoms with Gasteiger partial charge < -0.3 is 15.6 Å². The third kappa shape index (κ3) is 2.47. The maximum Gasteiger partial charge on any atom is 0.203 e. The number of benzene rings is 1. The van der Waals surface area contributed by atoms with Crippen LogP contribution in [-0.2, 0) is 0 Å². The topological polar surface area (TPSA) is 81.3 Å². The second-order valence-corrected chi connectivity index (χ2v) is 4.05. The van der Waals surface area contributed by atoms with Crippen LogP contribution in [0.25, 0.3) is 10.6 Å². The predicted molar refractivity (Wildman–Crippen MR) is 62.3 cm³/mol. The van der Waals surface area contributed by atoms with Gasteiger partial charge in [-0.3, -0.25) is 0 Å². The second-order valence-electron chi connectivity index (χ2n) is 3.04. The van der Waals surface area contributed by atoms with E-state index in [1.165, 1.54) is 11.3 Å². The largest absolute Gasteiger partial charge is 0.491 e. The van der Waals surface area contributed by atoms with Crippen LogP contribution in [0.5, 0.6) is 5.75 Å². The summed E-state index contributed by atoms with van der Waals surface area (Å²) < 4.78 is 5.24. The summed E-state index contributed by atoms with van der Waals surface area (Å²) in [4.78, 5) is 0. The smallest absolute Gasteiger partial charge is 0.203 e. The SMILES string of the molecule is Nc1nnc(-c2ccc(OCCO)cc2)s1. The zero-order valence-corrected chi connectivity index (χ0v) is 9.28. The minimum atomic E-state index is 0.00862. The van der Waals surface area contributed by atoms with Gasteiger partial charge in [-0.15, -0.1) is 10.2 Å². The Hall–Kier alpha value is -1.66. The number of nitrogens with two attached hydrogens (primary N) is 1. The average molecular weight is 237 g/mol. The van der Waals surface area contributed by atoms with Gasteiger partial charge in [-0.1, -0.05) is 11.3 Å². The number of hydrogen-bond donors (Lipinski definition) is 2. The first-order valence-corrected chi connectivity index (χ1v) is 5.54. The number of nitrogen functional groups attached to an aromatic ring is 1. The number of anilines is 1. The molecule has 0 spiro atoms. The molecule has 84 valence electrons. The molecule has 0 fully saturated rings. The molecular weight excluding hydrogens is 226 g/mol. The minimum Gasteiger partial charge on any atom is -0.491 e. The number of hydrogen-bond acceptors (Lipinski definition) is 6. The fraction of sp³-hybridized carbons (Fsp3) is 0.200. The van der Waals surface area contributed by atoms with E-state index in [2.05, 4.69) is 10.2 Å². The molecule has 0 saturated carbocycles. The molecule has 1 aromatic heterocycles. The molecule has 0 radical (unpaired) electrons. The number of aliphatic hydroxyl groups is 1. The van der Waals surface area contributed by atoms with Gasteiger partial charge in [0.25, 0.3) is 0 Å². The van der Waals surface area contributed by atoms with Crippen molar-refractivity contribution in [2.75, 3.05) is 18.9 Å². The van der Waals surface area contributed by atoms with E-state index in [1.807, 2.05) is 24.3 Å². The van der Waals surface area contributed by atoms with Crippen LogP contribution in [0.15, 0.2) is 24.3 Å². The van der Waals surface area contributed by atoms with E-state index in [1.54, 1.807) is 0 Å². The molecule has 2 aromatic rings. The zero-order valence-electron chi connectivity index (χ0n) is 8.46. The minimum absolute atomic E-state index is 0.00862. The van der Waals surface area contributed by atoms with Gasteiger partial charge in [-0.05, 0) is 24.3 Å². The monoisotopic (exact) mass is 237 g/mol. The summed E-state index contributed by atoms with van der Waals surface area (Å²) in [6.45, 7) is 0.305. The van der Waals surface area contributed by atoms with Gasteiger partial charge in [0.05, 0.1) is 6.61 Å². The van der Waals surface area contributed by atoms with Crippen molar-refractivity contribution in [3.05, 3.63) is 24.3 Å². The molecule has 0 bridgehead atoms. The first kappa shape index (κ1) is 10.8. The molecule has 0 aliphatic carbocycles. The van der Waals surface area contributed by atoms with Gasteiger partial charge in [0.2, 0.25) is 5.13 Å². The molecule has 0 saturated heterocycles. The summed E-state index contributed by atoms with van der Waals surface area (Å²) in [5.41, 5.74) is 6.45. The maximum atomic E-state index is 8.61. The number of aromatic nitrogens is 2. The van der Waals surface area contributed by atoms with E-state index < -0.39 is 0 Å². The summed E-state index contributed by atoms with van der Waals surface area (Å²) in [6, 6.07) is 7.41. The van der Waals surface area contributed by atoms with Crippen LogP contribution in [0.3, 0.4) is 0 Å². The van der Waals surface area contributed by atoms with E-state index in [-0.39, 0.29) is 6.61 Å². The van der Waals surface area contributed by atoms with Gasteiger partial charge in [0.1, 0.15) is 17.4 Å². The van der Waals surface area contributed by atoms with Gasteiger partial charge in [0.15, 0.2) is 0 Å². The molecule has 0 aliphatic rings. The molecule has 16 heavy (non-hydrogen) atoms. The lowest BCUT2D eigenvalue weighted by atomic mass is 10.2. The summed E-state index contributed by atoms with van der Waals surface area (Å²) in [6.07, 6.45) is 0. The fourth-order valence-electron chi connectivity index (χ4n) is 1.21. The molecular formula is C10H11N3O2S. The molecule has 0 aliphatic heterocycles. The van der Waals surface area contributed by atoms with E-state index in [4.69, 9.17) is 15.6 Å². The molecule has 6 heteroatoms. The number of nitrogens with zero attached hydrogens (tertiary/aromatic N) is 2. The average Bonchev–Trinajstić information content (AvgIpc) is 2.74. The predicted octanol–water partition coefficient (Wildman–Crippen LogP) is 1.16. The highest BCUT2D eigenvalue weighted by molar-refractivity contribution is 7.18. The van der Waals surface area contributed by atoms with E-state index in [0.29, 0.717) is 11.7 Å². The molecule has 0 amide bonds. The molecule has 1 aromatic carbocycles. The van der Waals surface area contributed by atoms with Crippen LogP contribution in [-0.4, -0.2) is 28.5 Å². The molecule has 2 rings (SSSR count). The van der Waals surface area contributed by atoms with E-state index >= 15 is 0 Å². The number of ether oxygens (including phenoxy) is 1. The summed E-state index contributed by atoms with van der Waals surface area (Å²) in [7, 11) is 0. The van der Waals surface area contributed by atoms with Crippen LogP contribution < -0.4 is 10.5 Å². The highest BCUT2D eigenvalue weighted by Crippen LogP contribution is 2.26. The lowest BCUT2D eigenvalue weighted by Gasteiger charge is -2.03. The third-order valence-corrected chi connectivity index (χ3v) is 2.70. The Kier molecular flexibility index (Phi) is 3.33. The Labute approximate surface area is 96.5 Å². The van der Waals surface area contributed by atoms with Crippen LogP contribution >= 0.6 is 11.3 Å². The standard InChI is InChI=1S/C10H11N3O2S/c11-10-13-12-9(16-10)7-1-3-8(4-2-7)15-6-5-14/h1-4,14H,5-6H2,(H2,11,13). The van der Waals surface area contributed by atoms with E-state index in [0.717, 1.165) is 16.3 Å². The second kappa shape index (κ2) is 4.91. The summed E-state index contributed by atoms with van der Waals surface area (Å²) in [5, 5.41) is 17.5. The van der Waals surface area contributed by atoms with Crippen LogP contribution in [0.2, 0.25) is 0 Å². The first-order valence-electron chi connectivity index (χ1n) is 4.72. The van der Waals surface area contributed by atoms with Crippen molar-refractivity contribution in [1.82, 2.24) is 10.2 Å². The lowest BCUT2D eigenvalue weighted by Crippen LogP contribution is -2.01. The van der Waals surface area contributed by atoms with Gasteiger partial charge in [-0.2, -0.15) is 0 Å². The first-order chi connectivity index (χ1) is 7.79. The molecule has 1 heterocycles. The van der Waals surface area contributed by atoms with Crippen molar-refractivity contribution in [3.63, 3.8) is 0 Å². The lowest BCUT2D eigenvalue weighted by molar-refractivity contribution is 0.201. The normalized spacial score (nSPS) is 10.3. The number of rotatable bonds is 4. The van der Waals surface area contributed by atoms with Crippen LogP contribution in [0, 0.1) is 0 Å². The Bertz CT molecular complexity index is 455. The van der Waals surface area contributed by atoms with E-state index in [9.17, 15) is 0 Å². The maximum absolute atomic E-state index is 8.61. The molecule has 0 unspecified atom stereocenters. The number of aliphatic hydroxyl groups excluding tert-OH is 1. The van der Waals surface area contributed by atoms with Crippen molar-refractivity contribution >= 4 is 16.5 Å². The van der Waals surface area contributed by atoms with Gasteiger partial charge in [-0.25, -0.2) is 0 Å². The van der Waals surface area contributed by atoms with Crippen molar-refractivity contribution in [3.8, 4) is 16.3 Å². The van der Waals surface area contributed by atoms with Crippen molar-refractivity contribution in [2.24, 2.45) is 0 Å². The molecule has 3 N–H and O–H groups in total. The van der Waals surface area contributed by atoms with Gasteiger partial charge >= 0.3 is 0 Å². The highest BCUT2D eigenvalue weighted by Gasteiger charge is 2.04. The summed E-state index contributed by atoms with van der Waals surface area (Å²) >= 11 is 1.34. The van der Waals surface area contributed by atoms with Crippen LogP contribution in [0.4, 0.5) is 5.13 Å². The van der Waals surface area contributed by atoms with Crippen molar-refractivity contribution < 1.29 is 9.84 Å². The van der Waals surface area contributed by atoms with Crippen molar-refractivity contribution in [2.45, 2.75) is 0 Å².